The van der Waals surface area contributed by atoms with Gasteiger partial charge in [0.05, 0.1) is 6.26 Å². The van der Waals surface area contributed by atoms with Crippen LogP contribution < -0.4 is 16.0 Å². The van der Waals surface area contributed by atoms with Crippen molar-refractivity contribution >= 4 is 23.6 Å². The summed E-state index contributed by atoms with van der Waals surface area (Å²) in [4.78, 5) is 37.4. The molecule has 1 N–H and O–H groups in total. The standard InChI is InChI=1S/C15H14N6O4/c1-3-7-20(8-4-2)12-17-13(16-11(22)10-6-5-9-24-10)21-14(18-12)19-15(23)25-21/h3-6,9H,1-2,7-8H2,(H,16,17,18,19,22,23). The summed E-state index contributed by atoms with van der Waals surface area (Å²) < 4.78 is 10.9. The van der Waals surface area contributed by atoms with Gasteiger partial charge in [-0.25, -0.2) is 4.79 Å². The zero-order valence-electron chi connectivity index (χ0n) is 13.1. The van der Waals surface area contributed by atoms with Crippen molar-refractivity contribution in [2.45, 2.75) is 0 Å². The van der Waals surface area contributed by atoms with E-state index in [-0.39, 0.29) is 23.4 Å². The average Bonchev–Trinajstić information content (AvgIpc) is 3.23. The van der Waals surface area contributed by atoms with E-state index in [4.69, 9.17) is 8.94 Å². The maximum atomic E-state index is 12.2. The molecule has 0 unspecified atom stereocenters. The fourth-order valence-corrected chi connectivity index (χ4v) is 2.07. The number of hydrogen-bond donors (Lipinski definition) is 1. The predicted molar refractivity (Wildman–Crippen MR) is 88.6 cm³/mol. The van der Waals surface area contributed by atoms with Gasteiger partial charge >= 0.3 is 5.76 Å². The lowest BCUT2D eigenvalue weighted by molar-refractivity contribution is 0.0994. The summed E-state index contributed by atoms with van der Waals surface area (Å²) >= 11 is 0. The summed E-state index contributed by atoms with van der Waals surface area (Å²) in [6.07, 6.45) is 4.68. The van der Waals surface area contributed by atoms with E-state index in [1.807, 2.05) is 0 Å². The summed E-state index contributed by atoms with van der Waals surface area (Å²) in [5.74, 6) is -1.23. The van der Waals surface area contributed by atoms with Gasteiger partial charge in [-0.3, -0.25) is 10.1 Å². The van der Waals surface area contributed by atoms with Crippen molar-refractivity contribution in [3.8, 4) is 0 Å². The molecule has 0 radical (unpaired) electrons. The molecule has 0 aliphatic rings. The van der Waals surface area contributed by atoms with E-state index in [0.29, 0.717) is 13.1 Å². The predicted octanol–water partition coefficient (Wildman–Crippen LogP) is 1.10. The molecular formula is C15H14N6O4. The molecule has 0 saturated carbocycles. The highest BCUT2D eigenvalue weighted by Crippen LogP contribution is 2.15. The highest BCUT2D eigenvalue weighted by Gasteiger charge is 2.19. The van der Waals surface area contributed by atoms with Crippen LogP contribution in [-0.4, -0.2) is 38.5 Å². The number of fused-ring (bicyclic) bond motifs is 1. The third-order valence-corrected chi connectivity index (χ3v) is 3.09. The van der Waals surface area contributed by atoms with E-state index < -0.39 is 11.7 Å². The number of carbonyl (C=O) groups is 1. The Morgan fingerprint density at radius 3 is 2.68 bits per heavy atom. The van der Waals surface area contributed by atoms with Gasteiger partial charge in [-0.1, -0.05) is 16.7 Å². The molecule has 1 amide bonds. The minimum absolute atomic E-state index is 0.0390. The summed E-state index contributed by atoms with van der Waals surface area (Å²) in [7, 11) is 0. The molecule has 25 heavy (non-hydrogen) atoms. The lowest BCUT2D eigenvalue weighted by Crippen LogP contribution is -2.27. The largest absolute Gasteiger partial charge is 0.462 e. The van der Waals surface area contributed by atoms with Gasteiger partial charge in [0.15, 0.2) is 5.76 Å². The number of nitrogens with one attached hydrogen (secondary N) is 1. The number of hydrogen-bond acceptors (Lipinski definition) is 8. The first-order chi connectivity index (χ1) is 12.1. The molecule has 0 bridgehead atoms. The molecule has 0 fully saturated rings. The second-order valence-electron chi connectivity index (χ2n) is 4.82. The normalized spacial score (nSPS) is 10.6. The third-order valence-electron chi connectivity index (χ3n) is 3.09. The Morgan fingerprint density at radius 1 is 1.28 bits per heavy atom. The summed E-state index contributed by atoms with van der Waals surface area (Å²) in [5.41, 5.74) is 0. The first-order valence-corrected chi connectivity index (χ1v) is 7.22. The maximum absolute atomic E-state index is 12.2. The molecule has 3 aromatic heterocycles. The lowest BCUT2D eigenvalue weighted by Gasteiger charge is -2.19. The Kier molecular flexibility index (Phi) is 4.42. The second-order valence-corrected chi connectivity index (χ2v) is 4.82. The fourth-order valence-electron chi connectivity index (χ4n) is 2.07. The molecule has 3 aromatic rings. The van der Waals surface area contributed by atoms with Crippen molar-refractivity contribution in [2.75, 3.05) is 23.3 Å². The Morgan fingerprint density at radius 2 is 2.04 bits per heavy atom. The molecule has 0 atom stereocenters. The van der Waals surface area contributed by atoms with Gasteiger partial charge in [0.1, 0.15) is 0 Å². The fraction of sp³-hybridized carbons (Fsp3) is 0.133. The molecule has 0 saturated heterocycles. The van der Waals surface area contributed by atoms with Gasteiger partial charge in [0, 0.05) is 13.1 Å². The Bertz CT molecular complexity index is 962. The van der Waals surface area contributed by atoms with E-state index >= 15 is 0 Å². The molecular weight excluding hydrogens is 328 g/mol. The van der Waals surface area contributed by atoms with Crippen LogP contribution in [0.2, 0.25) is 0 Å². The number of carbonyl (C=O) groups excluding carboxylic acids is 1. The average molecular weight is 342 g/mol. The molecule has 0 aliphatic carbocycles. The molecule has 0 aliphatic heterocycles. The zero-order chi connectivity index (χ0) is 17.8. The van der Waals surface area contributed by atoms with Crippen LogP contribution in [0.5, 0.6) is 0 Å². The van der Waals surface area contributed by atoms with Crippen LogP contribution >= 0.6 is 0 Å². The summed E-state index contributed by atoms with van der Waals surface area (Å²) in [6, 6.07) is 3.06. The first-order valence-electron chi connectivity index (χ1n) is 7.22. The van der Waals surface area contributed by atoms with Gasteiger partial charge in [-0.05, 0) is 12.1 Å². The molecule has 3 heterocycles. The molecule has 0 aromatic carbocycles. The van der Waals surface area contributed by atoms with Crippen LogP contribution in [-0.2, 0) is 0 Å². The highest BCUT2D eigenvalue weighted by molar-refractivity contribution is 6.01. The van der Waals surface area contributed by atoms with E-state index in [9.17, 15) is 9.59 Å². The van der Waals surface area contributed by atoms with Crippen molar-refractivity contribution in [2.24, 2.45) is 0 Å². The maximum Gasteiger partial charge on any atom is 0.462 e. The molecule has 0 spiro atoms. The van der Waals surface area contributed by atoms with E-state index in [1.165, 1.54) is 12.3 Å². The van der Waals surface area contributed by atoms with Crippen molar-refractivity contribution in [1.29, 1.82) is 0 Å². The first kappa shape index (κ1) is 16.2. The number of aromatic nitrogens is 4. The van der Waals surface area contributed by atoms with Crippen molar-refractivity contribution in [3.05, 3.63) is 60.0 Å². The minimum atomic E-state index is -0.862. The van der Waals surface area contributed by atoms with E-state index in [2.05, 4.69) is 33.4 Å². The zero-order valence-corrected chi connectivity index (χ0v) is 13.1. The number of rotatable bonds is 7. The lowest BCUT2D eigenvalue weighted by atomic mass is 10.4. The Hall–Kier alpha value is -3.69. The third kappa shape index (κ3) is 3.32. The van der Waals surface area contributed by atoms with Gasteiger partial charge in [-0.2, -0.15) is 9.97 Å². The number of nitrogens with zero attached hydrogens (tertiary/aromatic N) is 5. The van der Waals surface area contributed by atoms with Crippen LogP contribution in [0.15, 0.2) is 57.4 Å². The van der Waals surface area contributed by atoms with Gasteiger partial charge in [0.2, 0.25) is 5.95 Å². The van der Waals surface area contributed by atoms with Crippen LogP contribution in [0, 0.1) is 0 Å². The second kappa shape index (κ2) is 6.83. The Labute approximate surface area is 141 Å². The van der Waals surface area contributed by atoms with Crippen molar-refractivity contribution < 1.29 is 13.7 Å². The number of anilines is 2. The van der Waals surface area contributed by atoms with Crippen molar-refractivity contribution in [1.82, 2.24) is 19.5 Å². The summed E-state index contributed by atoms with van der Waals surface area (Å²) in [6.45, 7) is 8.21. The van der Waals surface area contributed by atoms with Crippen molar-refractivity contribution in [3.63, 3.8) is 0 Å². The van der Waals surface area contributed by atoms with E-state index in [0.717, 1.165) is 4.57 Å². The van der Waals surface area contributed by atoms with E-state index in [1.54, 1.807) is 23.1 Å². The topological polar surface area (TPSA) is 119 Å². The van der Waals surface area contributed by atoms with Crippen LogP contribution in [0.25, 0.3) is 5.78 Å². The molecule has 128 valence electrons. The molecule has 10 heteroatoms. The molecule has 10 nitrogen and oxygen atoms in total. The van der Waals surface area contributed by atoms with Crippen LogP contribution in [0.1, 0.15) is 10.6 Å². The smallest absolute Gasteiger partial charge is 0.459 e. The monoisotopic (exact) mass is 342 g/mol. The number of amides is 1. The molecule has 3 rings (SSSR count). The number of furan rings is 1. The van der Waals surface area contributed by atoms with Gasteiger partial charge < -0.3 is 13.8 Å². The quantitative estimate of drug-likeness (QED) is 0.634. The van der Waals surface area contributed by atoms with Crippen LogP contribution in [0.3, 0.4) is 0 Å². The summed E-state index contributed by atoms with van der Waals surface area (Å²) in [5, 5.41) is 2.51. The Balaban J connectivity index is 2.05. The SMILES string of the molecule is C=CCN(CC=C)c1nc(NC(=O)c2ccco2)n2oc(=O)nc2n1. The highest BCUT2D eigenvalue weighted by atomic mass is 16.5. The van der Waals surface area contributed by atoms with Gasteiger partial charge in [-0.15, -0.1) is 18.1 Å². The van der Waals surface area contributed by atoms with Crippen LogP contribution in [0.4, 0.5) is 11.9 Å². The van der Waals surface area contributed by atoms with Gasteiger partial charge in [0.25, 0.3) is 17.6 Å². The minimum Gasteiger partial charge on any atom is -0.459 e.